The predicted octanol–water partition coefficient (Wildman–Crippen LogP) is 3.23. The molecule has 0 aromatic carbocycles. The van der Waals surface area contributed by atoms with Gasteiger partial charge in [-0.25, -0.2) is 19.6 Å². The van der Waals surface area contributed by atoms with Crippen LogP contribution >= 0.6 is 54.5 Å². The van der Waals surface area contributed by atoms with Crippen LogP contribution < -0.4 is 29.6 Å². The molecule has 4 N–H and O–H groups in total. The monoisotopic (exact) mass is 640 g/mol. The summed E-state index contributed by atoms with van der Waals surface area (Å²) in [7, 11) is 0. The quantitative estimate of drug-likeness (QED) is 0.224. The van der Waals surface area contributed by atoms with Crippen LogP contribution in [0.25, 0.3) is 20.7 Å². The number of thiazole rings is 2. The fourth-order valence-electron chi connectivity index (χ4n) is 3.22. The molecule has 9 nitrogen and oxygen atoms in total. The number of carboxylic acids is 1. The van der Waals surface area contributed by atoms with Gasteiger partial charge in [0.1, 0.15) is 32.1 Å². The van der Waals surface area contributed by atoms with Crippen LogP contribution in [0, 0.1) is 0 Å². The summed E-state index contributed by atoms with van der Waals surface area (Å²) >= 11 is 9.88. The number of ether oxygens (including phenoxy) is 1. The maximum absolute atomic E-state index is 11.7. The number of esters is 1. The summed E-state index contributed by atoms with van der Waals surface area (Å²) in [5.41, 5.74) is 2.24. The number of H-pyrrole nitrogens is 2. The van der Waals surface area contributed by atoms with E-state index < -0.39 is 5.97 Å². The van der Waals surface area contributed by atoms with Crippen molar-refractivity contribution in [1.29, 1.82) is 0 Å². The Morgan fingerprint density at radius 3 is 1.79 bits per heavy atom. The van der Waals surface area contributed by atoms with Crippen molar-refractivity contribution in [2.24, 2.45) is 0 Å². The minimum atomic E-state index is -0.958. The predicted molar refractivity (Wildman–Crippen MR) is 132 cm³/mol. The Bertz CT molecular complexity index is 1360. The van der Waals surface area contributed by atoms with E-state index in [9.17, 15) is 9.59 Å². The largest absolute Gasteiger partial charge is 1.00 e. The topological polar surface area (TPSA) is 151 Å². The van der Waals surface area contributed by atoms with Crippen LogP contribution in [0.4, 0.5) is 0 Å². The van der Waals surface area contributed by atoms with E-state index in [1.807, 2.05) is 0 Å². The Balaban J connectivity index is 0.000000181. The van der Waals surface area contributed by atoms with Crippen molar-refractivity contribution in [3.63, 3.8) is 0 Å². The zero-order valence-electron chi connectivity index (χ0n) is 18.3. The van der Waals surface area contributed by atoms with Gasteiger partial charge in [-0.15, -0.1) is 22.7 Å². The Morgan fingerprint density at radius 1 is 0.971 bits per heavy atom. The molecule has 14 heteroatoms. The molecule has 34 heavy (non-hydrogen) atoms. The minimum absolute atomic E-state index is 0. The third-order valence-corrected chi connectivity index (χ3v) is 8.98. The number of carbonyl (C=O) groups excluding carboxylic acids is 1. The number of nitrogens with zero attached hydrogens (tertiary/aromatic N) is 2. The van der Waals surface area contributed by atoms with Crippen molar-refractivity contribution < 1.29 is 54.5 Å². The molecule has 0 bridgehead atoms. The van der Waals surface area contributed by atoms with Gasteiger partial charge >= 0.3 is 41.5 Å². The molecule has 2 aliphatic carbocycles. The van der Waals surface area contributed by atoms with E-state index in [0.29, 0.717) is 33.1 Å². The smallest absolute Gasteiger partial charge is 0.870 e. The SMILES string of the molecule is CCOC(=O)c1[nH]c2sc(C3CC3)nc2c1Br.O=C(O)c1[nH]c2sc(C3CC3)nc2c1Br.[Na+].[OH-]. The molecular formula is C20H19Br2N4NaO5S2. The number of aromatic carboxylic acids is 1. The zero-order chi connectivity index (χ0) is 22.6. The summed E-state index contributed by atoms with van der Waals surface area (Å²) in [6.07, 6.45) is 4.88. The van der Waals surface area contributed by atoms with Crippen molar-refractivity contribution in [1.82, 2.24) is 19.9 Å². The van der Waals surface area contributed by atoms with E-state index in [0.717, 1.165) is 25.7 Å². The molecule has 0 unspecified atom stereocenters. The van der Waals surface area contributed by atoms with Crippen LogP contribution in [0.15, 0.2) is 8.95 Å². The van der Waals surface area contributed by atoms with E-state index >= 15 is 0 Å². The van der Waals surface area contributed by atoms with Gasteiger partial charge < -0.3 is 25.3 Å². The van der Waals surface area contributed by atoms with Crippen LogP contribution in [0.1, 0.15) is 75.4 Å². The molecule has 0 aliphatic heterocycles. The van der Waals surface area contributed by atoms with Gasteiger partial charge in [0.15, 0.2) is 0 Å². The standard InChI is InChI=1S/C11H11BrN2O2S.C9H7BrN2O2S.Na.H2O/c1-2-16-11(15)8-6(12)7-10(14-8)17-9(13-7)5-3-4-5;10-4-5-8(12-6(4)9(13)14)15-7(11-5)3-1-2-3;;/h5,14H,2-4H2,1H3;3,12H,1-2H2,(H,13,14);;1H2/q;;+1;/p-1. The summed E-state index contributed by atoms with van der Waals surface area (Å²) in [5, 5.41) is 11.2. The number of aromatic nitrogens is 4. The molecule has 2 aliphatic rings. The first-order chi connectivity index (χ1) is 15.4. The molecular weight excluding hydrogens is 623 g/mol. The van der Waals surface area contributed by atoms with Crippen molar-refractivity contribution >= 4 is 87.2 Å². The maximum atomic E-state index is 11.7. The van der Waals surface area contributed by atoms with Gasteiger partial charge in [0, 0.05) is 11.8 Å². The van der Waals surface area contributed by atoms with E-state index in [1.165, 1.54) is 30.7 Å². The third-order valence-electron chi connectivity index (χ3n) is 5.17. The fraction of sp³-hybridized carbons (Fsp3) is 0.400. The number of nitrogens with one attached hydrogen (secondary N) is 2. The van der Waals surface area contributed by atoms with Crippen LogP contribution in [-0.2, 0) is 4.74 Å². The Morgan fingerprint density at radius 2 is 1.41 bits per heavy atom. The minimum Gasteiger partial charge on any atom is -0.870 e. The molecule has 2 fully saturated rings. The van der Waals surface area contributed by atoms with Crippen LogP contribution in [0.5, 0.6) is 0 Å². The number of fused-ring (bicyclic) bond motifs is 2. The molecule has 0 atom stereocenters. The number of rotatable bonds is 5. The van der Waals surface area contributed by atoms with Crippen molar-refractivity contribution in [3.8, 4) is 0 Å². The first-order valence-corrected chi connectivity index (χ1v) is 13.3. The van der Waals surface area contributed by atoms with Crippen molar-refractivity contribution in [3.05, 3.63) is 30.3 Å². The van der Waals surface area contributed by atoms with Gasteiger partial charge in [-0.3, -0.25) is 0 Å². The average Bonchev–Trinajstić information content (AvgIpc) is 3.65. The fourth-order valence-corrected chi connectivity index (χ4v) is 6.87. The molecule has 0 saturated heterocycles. The molecule has 4 aromatic rings. The number of aromatic amines is 2. The molecule has 2 saturated carbocycles. The molecule has 4 heterocycles. The van der Waals surface area contributed by atoms with Crippen LogP contribution in [-0.4, -0.2) is 49.1 Å². The first-order valence-electron chi connectivity index (χ1n) is 10.1. The number of carboxylic acid groups (broad SMARTS) is 1. The third kappa shape index (κ3) is 5.46. The zero-order valence-corrected chi connectivity index (χ0v) is 25.1. The van der Waals surface area contributed by atoms with Crippen molar-refractivity contribution in [2.45, 2.75) is 44.4 Å². The van der Waals surface area contributed by atoms with E-state index in [4.69, 9.17) is 9.84 Å². The number of carbonyl (C=O) groups is 2. The van der Waals surface area contributed by atoms with Crippen molar-refractivity contribution in [2.75, 3.05) is 6.61 Å². The van der Waals surface area contributed by atoms with Gasteiger partial charge in [-0.05, 0) is 64.5 Å². The molecule has 0 spiro atoms. The summed E-state index contributed by atoms with van der Waals surface area (Å²) in [5.74, 6) is -0.0488. The van der Waals surface area contributed by atoms with Gasteiger partial charge in [0.25, 0.3) is 0 Å². The summed E-state index contributed by atoms with van der Waals surface area (Å²) in [6.45, 7) is 2.17. The number of hydrogen-bond acceptors (Lipinski definition) is 8. The average molecular weight is 642 g/mol. The summed E-state index contributed by atoms with van der Waals surface area (Å²) in [6, 6.07) is 0. The second-order valence-corrected chi connectivity index (χ2v) is 11.3. The summed E-state index contributed by atoms with van der Waals surface area (Å²) in [4.78, 5) is 39.3. The maximum Gasteiger partial charge on any atom is 1.00 e. The molecule has 6 rings (SSSR count). The van der Waals surface area contributed by atoms with Gasteiger partial charge in [-0.1, -0.05) is 0 Å². The van der Waals surface area contributed by atoms with Gasteiger partial charge in [0.05, 0.1) is 25.6 Å². The first kappa shape index (κ1) is 27.8. The molecule has 4 aromatic heterocycles. The van der Waals surface area contributed by atoms with Gasteiger partial charge in [0.2, 0.25) is 0 Å². The second-order valence-electron chi connectivity index (χ2n) is 7.66. The van der Waals surface area contributed by atoms with E-state index in [1.54, 1.807) is 29.6 Å². The number of halogens is 2. The Labute approximate surface area is 240 Å². The molecule has 0 radical (unpaired) electrons. The van der Waals surface area contributed by atoms with E-state index in [-0.39, 0.29) is 46.7 Å². The Hall–Kier alpha value is -0.800. The number of hydrogen-bond donors (Lipinski definition) is 3. The normalized spacial score (nSPS) is 14.8. The molecule has 0 amide bonds. The van der Waals surface area contributed by atoms with Gasteiger partial charge in [-0.2, -0.15) is 0 Å². The Kier molecular flexibility index (Phi) is 9.05. The van der Waals surface area contributed by atoms with E-state index in [2.05, 4.69) is 51.8 Å². The molecule has 176 valence electrons. The second kappa shape index (κ2) is 11.1. The van der Waals surface area contributed by atoms with Crippen LogP contribution in [0.2, 0.25) is 0 Å². The van der Waals surface area contributed by atoms with Crippen LogP contribution in [0.3, 0.4) is 0 Å². The summed E-state index contributed by atoms with van der Waals surface area (Å²) < 4.78 is 6.25.